The summed E-state index contributed by atoms with van der Waals surface area (Å²) in [5.41, 5.74) is 1.28. The summed E-state index contributed by atoms with van der Waals surface area (Å²) in [7, 11) is 0. The van der Waals surface area contributed by atoms with Gasteiger partial charge in [0.15, 0.2) is 11.6 Å². The molecule has 2 aliphatic heterocycles. The summed E-state index contributed by atoms with van der Waals surface area (Å²) in [5.74, 6) is 0.928. The first-order chi connectivity index (χ1) is 12.7. The minimum Gasteiger partial charge on any atom is -0.378 e. The Hall–Kier alpha value is -2.89. The van der Waals surface area contributed by atoms with E-state index in [0.29, 0.717) is 48.6 Å². The molecule has 0 radical (unpaired) electrons. The average molecular weight is 371 g/mol. The number of halogens is 1. The maximum Gasteiger partial charge on any atom is 0.244 e. The fraction of sp³-hybridized carbons (Fsp3) is 0.294. The number of carbonyl (C=O) groups is 1. The number of benzene rings is 1. The zero-order valence-corrected chi connectivity index (χ0v) is 14.5. The molecule has 1 amide bonds. The molecule has 132 valence electrons. The molecule has 0 saturated carbocycles. The lowest BCUT2D eigenvalue weighted by atomic mass is 10.2. The molecule has 2 aliphatic rings. The molecule has 26 heavy (non-hydrogen) atoms. The van der Waals surface area contributed by atoms with Crippen molar-refractivity contribution in [2.45, 2.75) is 0 Å². The molecule has 0 unspecified atom stereocenters. The van der Waals surface area contributed by atoms with Crippen LogP contribution in [0.1, 0.15) is 5.82 Å². The van der Waals surface area contributed by atoms with Gasteiger partial charge in [-0.15, -0.1) is 0 Å². The summed E-state index contributed by atoms with van der Waals surface area (Å²) in [6.07, 6.45) is 0. The molecule has 0 spiro atoms. The van der Waals surface area contributed by atoms with Crippen LogP contribution >= 0.6 is 11.6 Å². The van der Waals surface area contributed by atoms with Crippen molar-refractivity contribution in [2.75, 3.05) is 48.0 Å². The Balaban J connectivity index is 1.85. The van der Waals surface area contributed by atoms with E-state index in [1.54, 1.807) is 17.0 Å². The molecule has 1 aromatic heterocycles. The summed E-state index contributed by atoms with van der Waals surface area (Å²) < 4.78 is 5.38. The van der Waals surface area contributed by atoms with Crippen molar-refractivity contribution in [3.05, 3.63) is 35.1 Å². The van der Waals surface area contributed by atoms with Gasteiger partial charge in [-0.05, 0) is 24.3 Å². The molecule has 1 fully saturated rings. The van der Waals surface area contributed by atoms with E-state index < -0.39 is 0 Å². The number of ether oxygens (including phenoxy) is 1. The molecule has 1 saturated heterocycles. The van der Waals surface area contributed by atoms with Gasteiger partial charge in [0, 0.05) is 23.8 Å². The summed E-state index contributed by atoms with van der Waals surface area (Å²) in [5, 5.41) is 12.8. The van der Waals surface area contributed by atoms with E-state index in [4.69, 9.17) is 16.3 Å². The third kappa shape index (κ3) is 3.03. The van der Waals surface area contributed by atoms with Gasteiger partial charge in [0.2, 0.25) is 11.7 Å². The van der Waals surface area contributed by atoms with Crippen LogP contribution in [-0.2, 0) is 9.53 Å². The van der Waals surface area contributed by atoms with E-state index in [1.165, 1.54) is 0 Å². The van der Waals surface area contributed by atoms with E-state index in [9.17, 15) is 10.1 Å². The molecular formula is C17H15ClN6O2. The molecule has 8 nitrogen and oxygen atoms in total. The first-order valence-electron chi connectivity index (χ1n) is 8.13. The topological polar surface area (TPSA) is 94.4 Å². The minimum atomic E-state index is -0.171. The number of nitrogens with zero attached hydrogens (tertiary/aromatic N) is 5. The molecule has 2 aromatic rings. The number of hydrogen-bond donors (Lipinski definition) is 1. The maximum atomic E-state index is 12.3. The van der Waals surface area contributed by atoms with Crippen LogP contribution in [0.3, 0.4) is 0 Å². The summed E-state index contributed by atoms with van der Waals surface area (Å²) in [4.78, 5) is 24.8. The zero-order chi connectivity index (χ0) is 18.1. The van der Waals surface area contributed by atoms with Gasteiger partial charge in [0.1, 0.15) is 18.3 Å². The molecule has 0 bridgehead atoms. The Morgan fingerprint density at radius 2 is 1.85 bits per heavy atom. The fourth-order valence-electron chi connectivity index (χ4n) is 3.03. The highest BCUT2D eigenvalue weighted by Gasteiger charge is 2.31. The van der Waals surface area contributed by atoms with Gasteiger partial charge >= 0.3 is 0 Å². The van der Waals surface area contributed by atoms with Gasteiger partial charge in [-0.25, -0.2) is 0 Å². The van der Waals surface area contributed by atoms with E-state index in [2.05, 4.69) is 15.3 Å². The lowest BCUT2D eigenvalue weighted by molar-refractivity contribution is -0.115. The van der Waals surface area contributed by atoms with E-state index in [-0.39, 0.29) is 18.3 Å². The van der Waals surface area contributed by atoms with Crippen LogP contribution in [-0.4, -0.2) is 48.7 Å². The molecule has 1 aromatic carbocycles. The van der Waals surface area contributed by atoms with Crippen molar-refractivity contribution < 1.29 is 9.53 Å². The second kappa shape index (κ2) is 6.78. The molecule has 0 atom stereocenters. The monoisotopic (exact) mass is 370 g/mol. The van der Waals surface area contributed by atoms with E-state index in [1.807, 2.05) is 23.1 Å². The standard InChI is InChI=1S/C17H15ClN6O2/c18-11-1-3-12(4-2-11)24-10-14(25)22-15-16(23-5-7-26-8-6-23)20-13(9-19)21-17(15)24/h1-4H,5-8,10H2,(H,22,25). The second-order valence-electron chi connectivity index (χ2n) is 5.89. The number of rotatable bonds is 2. The van der Waals surface area contributed by atoms with Crippen molar-refractivity contribution >= 4 is 40.5 Å². The van der Waals surface area contributed by atoms with Crippen molar-refractivity contribution in [3.63, 3.8) is 0 Å². The number of nitriles is 1. The number of anilines is 4. The highest BCUT2D eigenvalue weighted by atomic mass is 35.5. The minimum absolute atomic E-state index is 0.0559. The highest BCUT2D eigenvalue weighted by Crippen LogP contribution is 2.39. The van der Waals surface area contributed by atoms with Crippen LogP contribution in [0.4, 0.5) is 23.0 Å². The third-order valence-corrected chi connectivity index (χ3v) is 4.49. The normalized spacial score (nSPS) is 16.7. The predicted octanol–water partition coefficient (Wildman–Crippen LogP) is 1.93. The number of morpholine rings is 1. The van der Waals surface area contributed by atoms with Crippen LogP contribution in [0.25, 0.3) is 0 Å². The van der Waals surface area contributed by atoms with E-state index in [0.717, 1.165) is 5.69 Å². The SMILES string of the molecule is N#Cc1nc(N2CCOCC2)c2c(n1)N(c1ccc(Cl)cc1)CC(=O)N2. The molecule has 4 rings (SSSR count). The first-order valence-corrected chi connectivity index (χ1v) is 8.51. The summed E-state index contributed by atoms with van der Waals surface area (Å²) in [6, 6.07) is 9.13. The van der Waals surface area contributed by atoms with E-state index >= 15 is 0 Å². The molecular weight excluding hydrogens is 356 g/mol. The number of nitrogens with one attached hydrogen (secondary N) is 1. The van der Waals surface area contributed by atoms with Crippen LogP contribution in [0.15, 0.2) is 24.3 Å². The van der Waals surface area contributed by atoms with Gasteiger partial charge in [-0.3, -0.25) is 4.79 Å². The quantitative estimate of drug-likeness (QED) is 0.863. The summed E-state index contributed by atoms with van der Waals surface area (Å²) in [6.45, 7) is 2.49. The van der Waals surface area contributed by atoms with Crippen LogP contribution in [0.5, 0.6) is 0 Å². The second-order valence-corrected chi connectivity index (χ2v) is 6.33. The van der Waals surface area contributed by atoms with Crippen LogP contribution in [0.2, 0.25) is 5.02 Å². The number of fused-ring (bicyclic) bond motifs is 1. The van der Waals surface area contributed by atoms with Crippen LogP contribution in [0, 0.1) is 11.3 Å². The largest absolute Gasteiger partial charge is 0.378 e. The van der Waals surface area contributed by atoms with Gasteiger partial charge < -0.3 is 19.9 Å². The van der Waals surface area contributed by atoms with Crippen molar-refractivity contribution in [2.24, 2.45) is 0 Å². The van der Waals surface area contributed by atoms with Crippen LogP contribution < -0.4 is 15.1 Å². The Bertz CT molecular complexity index is 889. The first kappa shape index (κ1) is 16.6. The molecule has 0 aliphatic carbocycles. The number of aromatic nitrogens is 2. The molecule has 1 N–H and O–H groups in total. The Labute approximate surface area is 155 Å². The Morgan fingerprint density at radius 1 is 1.15 bits per heavy atom. The molecule has 9 heteroatoms. The highest BCUT2D eigenvalue weighted by molar-refractivity contribution is 6.30. The van der Waals surface area contributed by atoms with Gasteiger partial charge in [0.05, 0.1) is 13.2 Å². The van der Waals surface area contributed by atoms with Gasteiger partial charge in [-0.1, -0.05) is 11.6 Å². The third-order valence-electron chi connectivity index (χ3n) is 4.24. The lowest BCUT2D eigenvalue weighted by Gasteiger charge is -2.34. The summed E-state index contributed by atoms with van der Waals surface area (Å²) >= 11 is 5.97. The van der Waals surface area contributed by atoms with Crippen molar-refractivity contribution in [3.8, 4) is 6.07 Å². The zero-order valence-electron chi connectivity index (χ0n) is 13.8. The van der Waals surface area contributed by atoms with Crippen molar-refractivity contribution in [1.82, 2.24) is 9.97 Å². The van der Waals surface area contributed by atoms with Gasteiger partial charge in [0.25, 0.3) is 0 Å². The number of hydrogen-bond acceptors (Lipinski definition) is 7. The predicted molar refractivity (Wildman–Crippen MR) is 96.9 cm³/mol. The number of amides is 1. The van der Waals surface area contributed by atoms with Gasteiger partial charge in [-0.2, -0.15) is 15.2 Å². The van der Waals surface area contributed by atoms with Crippen molar-refractivity contribution in [1.29, 1.82) is 5.26 Å². The smallest absolute Gasteiger partial charge is 0.244 e. The Kier molecular flexibility index (Phi) is 4.32. The Morgan fingerprint density at radius 3 is 2.54 bits per heavy atom. The average Bonchev–Trinajstić information content (AvgIpc) is 2.68. The maximum absolute atomic E-state index is 12.3. The number of carbonyl (C=O) groups excluding carboxylic acids is 1. The molecule has 3 heterocycles. The fourth-order valence-corrected chi connectivity index (χ4v) is 3.16. The lowest BCUT2D eigenvalue weighted by Crippen LogP contribution is -2.41.